The first-order valence-corrected chi connectivity index (χ1v) is 8.09. The average molecular weight is 347 g/mol. The number of hydrogen-bond donors (Lipinski definition) is 2. The minimum absolute atomic E-state index is 0. The summed E-state index contributed by atoms with van der Waals surface area (Å²) in [6.45, 7) is 2.43. The highest BCUT2D eigenvalue weighted by atomic mass is 35.5. The van der Waals surface area contributed by atoms with E-state index in [0.29, 0.717) is 17.9 Å². The number of benzene rings is 2. The number of amides is 1. The van der Waals surface area contributed by atoms with Crippen LogP contribution in [0.15, 0.2) is 54.6 Å². The fraction of sp³-hybridized carbons (Fsp3) is 0.316. The van der Waals surface area contributed by atoms with Crippen molar-refractivity contribution in [3.63, 3.8) is 0 Å². The van der Waals surface area contributed by atoms with Gasteiger partial charge in [-0.05, 0) is 49.7 Å². The molecule has 0 saturated carbocycles. The molecule has 0 aromatic heterocycles. The highest BCUT2D eigenvalue weighted by Crippen LogP contribution is 2.16. The Bertz CT molecular complexity index is 643. The van der Waals surface area contributed by atoms with Gasteiger partial charge in [0.05, 0.1) is 0 Å². The number of nitrogens with one attached hydrogen (secondary N) is 2. The molecule has 1 fully saturated rings. The molecule has 0 bridgehead atoms. The van der Waals surface area contributed by atoms with Gasteiger partial charge in [-0.2, -0.15) is 0 Å². The van der Waals surface area contributed by atoms with E-state index in [-0.39, 0.29) is 24.4 Å². The highest BCUT2D eigenvalue weighted by molar-refractivity contribution is 5.94. The Kier molecular flexibility index (Phi) is 7.09. The van der Waals surface area contributed by atoms with Gasteiger partial charge >= 0.3 is 0 Å². The predicted molar refractivity (Wildman–Crippen MR) is 97.8 cm³/mol. The molecular weight excluding hydrogens is 324 g/mol. The van der Waals surface area contributed by atoms with Crippen molar-refractivity contribution < 1.29 is 9.53 Å². The van der Waals surface area contributed by atoms with Crippen molar-refractivity contribution in [1.82, 2.24) is 10.6 Å². The normalized spacial score (nSPS) is 14.5. The van der Waals surface area contributed by atoms with Crippen LogP contribution in [0.2, 0.25) is 0 Å². The van der Waals surface area contributed by atoms with Gasteiger partial charge < -0.3 is 15.4 Å². The predicted octanol–water partition coefficient (Wildman–Crippen LogP) is 3.17. The fourth-order valence-corrected chi connectivity index (χ4v) is 2.70. The molecule has 0 atom stereocenters. The van der Waals surface area contributed by atoms with E-state index in [1.54, 1.807) is 6.07 Å². The third-order valence-electron chi connectivity index (χ3n) is 4.02. The van der Waals surface area contributed by atoms with Crippen LogP contribution in [0.4, 0.5) is 0 Å². The van der Waals surface area contributed by atoms with E-state index >= 15 is 0 Å². The van der Waals surface area contributed by atoms with Crippen LogP contribution in [0.5, 0.6) is 5.75 Å². The summed E-state index contributed by atoms with van der Waals surface area (Å²) < 4.78 is 5.78. The summed E-state index contributed by atoms with van der Waals surface area (Å²) in [5.41, 5.74) is 1.76. The van der Waals surface area contributed by atoms with Crippen molar-refractivity contribution in [3.8, 4) is 5.75 Å². The molecule has 1 amide bonds. The quantitative estimate of drug-likeness (QED) is 0.874. The third-order valence-corrected chi connectivity index (χ3v) is 4.02. The lowest BCUT2D eigenvalue weighted by atomic mass is 10.1. The van der Waals surface area contributed by atoms with Gasteiger partial charge in [0.2, 0.25) is 0 Å². The van der Waals surface area contributed by atoms with Gasteiger partial charge in [-0.25, -0.2) is 0 Å². The standard InChI is InChI=1S/C19H22N2O2.ClH/c22-19(21-17-9-11-20-12-10-17)16-7-4-8-18(13-16)23-14-15-5-2-1-3-6-15;/h1-8,13,17,20H,9-12,14H2,(H,21,22);1H. The number of ether oxygens (including phenoxy) is 1. The molecule has 2 N–H and O–H groups in total. The number of piperidine rings is 1. The third kappa shape index (κ3) is 5.25. The molecule has 2 aromatic rings. The number of rotatable bonds is 5. The molecule has 128 valence electrons. The van der Waals surface area contributed by atoms with E-state index in [1.807, 2.05) is 48.5 Å². The monoisotopic (exact) mass is 346 g/mol. The van der Waals surface area contributed by atoms with Crippen molar-refractivity contribution >= 4 is 18.3 Å². The summed E-state index contributed by atoms with van der Waals surface area (Å²) in [7, 11) is 0. The summed E-state index contributed by atoms with van der Waals surface area (Å²) in [5, 5.41) is 6.40. The molecule has 0 unspecified atom stereocenters. The molecule has 1 heterocycles. The molecule has 0 aliphatic carbocycles. The molecule has 1 aliphatic rings. The molecular formula is C19H23ClN2O2. The van der Waals surface area contributed by atoms with E-state index in [2.05, 4.69) is 10.6 Å². The zero-order valence-electron chi connectivity index (χ0n) is 13.5. The number of halogens is 1. The van der Waals surface area contributed by atoms with Crippen LogP contribution < -0.4 is 15.4 Å². The summed E-state index contributed by atoms with van der Waals surface area (Å²) in [6, 6.07) is 17.6. The Hall–Kier alpha value is -2.04. The zero-order valence-corrected chi connectivity index (χ0v) is 14.4. The molecule has 0 spiro atoms. The van der Waals surface area contributed by atoms with Crippen LogP contribution in [0, 0.1) is 0 Å². The molecule has 3 rings (SSSR count). The molecule has 0 radical (unpaired) electrons. The van der Waals surface area contributed by atoms with Crippen LogP contribution in [0.25, 0.3) is 0 Å². The summed E-state index contributed by atoms with van der Waals surface area (Å²) >= 11 is 0. The number of hydrogen-bond acceptors (Lipinski definition) is 3. The van der Waals surface area contributed by atoms with Crippen LogP contribution in [-0.2, 0) is 6.61 Å². The lowest BCUT2D eigenvalue weighted by molar-refractivity contribution is 0.0929. The lowest BCUT2D eigenvalue weighted by Crippen LogP contribution is -2.42. The molecule has 24 heavy (non-hydrogen) atoms. The minimum atomic E-state index is -0.0259. The second-order valence-electron chi connectivity index (χ2n) is 5.80. The first-order chi connectivity index (χ1) is 11.3. The summed E-state index contributed by atoms with van der Waals surface area (Å²) in [4.78, 5) is 12.4. The summed E-state index contributed by atoms with van der Waals surface area (Å²) in [6.07, 6.45) is 1.96. The van der Waals surface area contributed by atoms with E-state index in [0.717, 1.165) is 31.5 Å². The van der Waals surface area contributed by atoms with Crippen LogP contribution >= 0.6 is 12.4 Å². The van der Waals surface area contributed by atoms with E-state index in [4.69, 9.17) is 4.74 Å². The van der Waals surface area contributed by atoms with Gasteiger partial charge in [0.1, 0.15) is 12.4 Å². The van der Waals surface area contributed by atoms with Crippen molar-refractivity contribution in [2.45, 2.75) is 25.5 Å². The van der Waals surface area contributed by atoms with Gasteiger partial charge in [0, 0.05) is 11.6 Å². The average Bonchev–Trinajstić information content (AvgIpc) is 2.62. The number of carbonyl (C=O) groups is 1. The number of carbonyl (C=O) groups excluding carboxylic acids is 1. The van der Waals surface area contributed by atoms with Gasteiger partial charge in [0.25, 0.3) is 5.91 Å². The van der Waals surface area contributed by atoms with Gasteiger partial charge in [0.15, 0.2) is 0 Å². The van der Waals surface area contributed by atoms with Crippen LogP contribution in [0.1, 0.15) is 28.8 Å². The first-order valence-electron chi connectivity index (χ1n) is 8.09. The maximum atomic E-state index is 12.4. The highest BCUT2D eigenvalue weighted by Gasteiger charge is 2.16. The van der Waals surface area contributed by atoms with Gasteiger partial charge in [-0.15, -0.1) is 12.4 Å². The van der Waals surface area contributed by atoms with Crippen molar-refractivity contribution in [3.05, 3.63) is 65.7 Å². The Labute approximate surface area is 149 Å². The lowest BCUT2D eigenvalue weighted by Gasteiger charge is -2.23. The second kappa shape index (κ2) is 9.30. The van der Waals surface area contributed by atoms with E-state index in [9.17, 15) is 4.79 Å². The van der Waals surface area contributed by atoms with Crippen molar-refractivity contribution in [2.24, 2.45) is 0 Å². The smallest absolute Gasteiger partial charge is 0.251 e. The van der Waals surface area contributed by atoms with E-state index in [1.165, 1.54) is 0 Å². The zero-order chi connectivity index (χ0) is 15.9. The maximum absolute atomic E-state index is 12.4. The van der Waals surface area contributed by atoms with Crippen molar-refractivity contribution in [2.75, 3.05) is 13.1 Å². The van der Waals surface area contributed by atoms with Crippen LogP contribution in [-0.4, -0.2) is 25.0 Å². The van der Waals surface area contributed by atoms with E-state index < -0.39 is 0 Å². The fourth-order valence-electron chi connectivity index (χ4n) is 2.70. The Morgan fingerprint density at radius 3 is 2.58 bits per heavy atom. The largest absolute Gasteiger partial charge is 0.489 e. The van der Waals surface area contributed by atoms with Crippen molar-refractivity contribution in [1.29, 1.82) is 0 Å². The van der Waals surface area contributed by atoms with Gasteiger partial charge in [-0.3, -0.25) is 4.79 Å². The Morgan fingerprint density at radius 2 is 1.83 bits per heavy atom. The molecule has 2 aromatic carbocycles. The van der Waals surface area contributed by atoms with Gasteiger partial charge in [-0.1, -0.05) is 36.4 Å². The molecule has 5 heteroatoms. The Morgan fingerprint density at radius 1 is 1.08 bits per heavy atom. The van der Waals surface area contributed by atoms with Crippen LogP contribution in [0.3, 0.4) is 0 Å². The second-order valence-corrected chi connectivity index (χ2v) is 5.80. The minimum Gasteiger partial charge on any atom is -0.489 e. The first kappa shape index (κ1) is 18.3. The Balaban J connectivity index is 0.00000208. The SMILES string of the molecule is Cl.O=C(NC1CCNCC1)c1cccc(OCc2ccccc2)c1. The summed E-state index contributed by atoms with van der Waals surface area (Å²) in [5.74, 6) is 0.689. The molecule has 4 nitrogen and oxygen atoms in total. The topological polar surface area (TPSA) is 50.4 Å². The molecule has 1 saturated heterocycles. The maximum Gasteiger partial charge on any atom is 0.251 e. The molecule has 1 aliphatic heterocycles.